The van der Waals surface area contributed by atoms with Gasteiger partial charge in [0.05, 0.1) is 17.8 Å². The van der Waals surface area contributed by atoms with Gasteiger partial charge in [-0.25, -0.2) is 0 Å². The van der Waals surface area contributed by atoms with Crippen molar-refractivity contribution in [1.82, 2.24) is 4.98 Å². The summed E-state index contributed by atoms with van der Waals surface area (Å²) in [6.07, 6.45) is 1.71. The summed E-state index contributed by atoms with van der Waals surface area (Å²) in [5.74, 6) is 0. The van der Waals surface area contributed by atoms with Gasteiger partial charge < -0.3 is 10.4 Å². The molecule has 94 valence electrons. The van der Waals surface area contributed by atoms with Crippen molar-refractivity contribution in [3.63, 3.8) is 0 Å². The molecule has 0 aliphatic heterocycles. The summed E-state index contributed by atoms with van der Waals surface area (Å²) < 4.78 is 0. The molecule has 2 aromatic rings. The van der Waals surface area contributed by atoms with Crippen molar-refractivity contribution < 1.29 is 5.11 Å². The second-order valence-electron chi connectivity index (χ2n) is 4.34. The lowest BCUT2D eigenvalue weighted by atomic mass is 9.97. The van der Waals surface area contributed by atoms with Gasteiger partial charge in [-0.05, 0) is 37.3 Å². The smallest absolute Gasteiger partial charge is 0.1000 e. The lowest BCUT2D eigenvalue weighted by Gasteiger charge is -2.29. The van der Waals surface area contributed by atoms with Gasteiger partial charge in [0.1, 0.15) is 0 Å². The minimum absolute atomic E-state index is 0.0590. The molecule has 1 atom stereocenters. The maximum Gasteiger partial charge on any atom is 0.1000 e. The number of anilines is 1. The van der Waals surface area contributed by atoms with E-state index in [2.05, 4.69) is 10.3 Å². The van der Waals surface area contributed by atoms with Crippen LogP contribution >= 0.6 is 11.6 Å². The Bertz CT molecular complexity index is 518. The van der Waals surface area contributed by atoms with E-state index in [1.165, 1.54) is 0 Å². The zero-order chi connectivity index (χ0) is 13.0. The van der Waals surface area contributed by atoms with E-state index in [0.29, 0.717) is 5.02 Å². The first-order valence-corrected chi connectivity index (χ1v) is 6.08. The summed E-state index contributed by atoms with van der Waals surface area (Å²) in [6, 6.07) is 13.0. The lowest BCUT2D eigenvalue weighted by molar-refractivity contribution is 0.221. The molecule has 0 saturated heterocycles. The molecule has 3 nitrogen and oxygen atoms in total. The molecule has 0 bridgehead atoms. The SMILES string of the molecule is CC(CO)(Nc1cccc(Cl)c1)c1ccccn1. The number of benzene rings is 1. The predicted molar refractivity (Wildman–Crippen MR) is 73.7 cm³/mol. The van der Waals surface area contributed by atoms with Gasteiger partial charge in [0.2, 0.25) is 0 Å². The Kier molecular flexibility index (Phi) is 3.84. The molecule has 2 rings (SSSR count). The van der Waals surface area contributed by atoms with Gasteiger partial charge in [-0.2, -0.15) is 0 Å². The number of aromatic nitrogens is 1. The van der Waals surface area contributed by atoms with Crippen molar-refractivity contribution in [1.29, 1.82) is 0 Å². The number of halogens is 1. The summed E-state index contributed by atoms with van der Waals surface area (Å²) >= 11 is 5.94. The van der Waals surface area contributed by atoms with E-state index >= 15 is 0 Å². The fourth-order valence-electron chi connectivity index (χ4n) is 1.76. The first kappa shape index (κ1) is 12.9. The summed E-state index contributed by atoms with van der Waals surface area (Å²) in [5.41, 5.74) is 1.00. The molecule has 1 heterocycles. The Balaban J connectivity index is 2.29. The van der Waals surface area contributed by atoms with Crippen LogP contribution in [0.4, 0.5) is 5.69 Å². The summed E-state index contributed by atoms with van der Waals surface area (Å²) in [7, 11) is 0. The first-order valence-electron chi connectivity index (χ1n) is 5.70. The van der Waals surface area contributed by atoms with E-state index in [9.17, 15) is 5.11 Å². The monoisotopic (exact) mass is 262 g/mol. The van der Waals surface area contributed by atoms with E-state index in [0.717, 1.165) is 11.4 Å². The molecule has 2 N–H and O–H groups in total. The van der Waals surface area contributed by atoms with Crippen LogP contribution < -0.4 is 5.32 Å². The molecule has 0 aliphatic rings. The fourth-order valence-corrected chi connectivity index (χ4v) is 1.95. The molecule has 1 unspecified atom stereocenters. The van der Waals surface area contributed by atoms with Crippen molar-refractivity contribution in [2.24, 2.45) is 0 Å². The Morgan fingerprint density at radius 3 is 2.72 bits per heavy atom. The number of rotatable bonds is 4. The van der Waals surface area contributed by atoms with Crippen LogP contribution in [0.3, 0.4) is 0 Å². The predicted octanol–water partition coefficient (Wildman–Crippen LogP) is 3.05. The van der Waals surface area contributed by atoms with E-state index in [4.69, 9.17) is 11.6 Å². The highest BCUT2D eigenvalue weighted by Gasteiger charge is 2.26. The average molecular weight is 263 g/mol. The first-order chi connectivity index (χ1) is 8.64. The van der Waals surface area contributed by atoms with Gasteiger partial charge in [-0.1, -0.05) is 23.7 Å². The molecule has 0 spiro atoms. The number of hydrogen-bond donors (Lipinski definition) is 2. The zero-order valence-corrected chi connectivity index (χ0v) is 10.9. The maximum absolute atomic E-state index is 9.63. The molecule has 0 amide bonds. The normalized spacial score (nSPS) is 13.9. The Morgan fingerprint density at radius 1 is 1.28 bits per heavy atom. The number of hydrogen-bond acceptors (Lipinski definition) is 3. The van der Waals surface area contributed by atoms with Crippen LogP contribution in [-0.4, -0.2) is 16.7 Å². The van der Waals surface area contributed by atoms with Gasteiger partial charge in [0, 0.05) is 16.9 Å². The second kappa shape index (κ2) is 5.38. The molecule has 0 radical (unpaired) electrons. The van der Waals surface area contributed by atoms with Crippen LogP contribution in [0.15, 0.2) is 48.7 Å². The van der Waals surface area contributed by atoms with Crippen molar-refractivity contribution in [3.8, 4) is 0 Å². The van der Waals surface area contributed by atoms with Crippen LogP contribution in [0, 0.1) is 0 Å². The molecule has 0 aliphatic carbocycles. The van der Waals surface area contributed by atoms with Crippen LogP contribution in [0.2, 0.25) is 5.02 Å². The van der Waals surface area contributed by atoms with Gasteiger partial charge in [0.25, 0.3) is 0 Å². The molecule has 0 saturated carbocycles. The van der Waals surface area contributed by atoms with E-state index in [-0.39, 0.29) is 6.61 Å². The molecule has 4 heteroatoms. The van der Waals surface area contributed by atoms with Crippen LogP contribution in [0.25, 0.3) is 0 Å². The standard InChI is InChI=1S/C14H15ClN2O/c1-14(10-18,13-7-2-3-8-16-13)17-12-6-4-5-11(15)9-12/h2-9,17-18H,10H2,1H3. The van der Waals surface area contributed by atoms with Gasteiger partial charge in [-0.3, -0.25) is 4.98 Å². The lowest BCUT2D eigenvalue weighted by Crippen LogP contribution is -2.36. The highest BCUT2D eigenvalue weighted by Crippen LogP contribution is 2.25. The topological polar surface area (TPSA) is 45.1 Å². The molecule has 0 fully saturated rings. The minimum Gasteiger partial charge on any atom is -0.394 e. The van der Waals surface area contributed by atoms with Crippen LogP contribution in [0.5, 0.6) is 0 Å². The molecule has 18 heavy (non-hydrogen) atoms. The molecular formula is C14H15ClN2O. The third-order valence-electron chi connectivity index (χ3n) is 2.79. The number of nitrogens with zero attached hydrogens (tertiary/aromatic N) is 1. The molecule has 1 aromatic carbocycles. The van der Waals surface area contributed by atoms with Crippen molar-refractivity contribution in [3.05, 3.63) is 59.4 Å². The van der Waals surface area contributed by atoms with Gasteiger partial charge >= 0.3 is 0 Å². The summed E-state index contributed by atoms with van der Waals surface area (Å²) in [6.45, 7) is 1.84. The van der Waals surface area contributed by atoms with E-state index in [1.807, 2.05) is 49.4 Å². The van der Waals surface area contributed by atoms with Crippen LogP contribution in [0.1, 0.15) is 12.6 Å². The summed E-state index contributed by atoms with van der Waals surface area (Å²) in [4.78, 5) is 4.28. The highest BCUT2D eigenvalue weighted by molar-refractivity contribution is 6.30. The largest absolute Gasteiger partial charge is 0.394 e. The quantitative estimate of drug-likeness (QED) is 0.890. The van der Waals surface area contributed by atoms with E-state index in [1.54, 1.807) is 6.20 Å². The Labute approximate surface area is 111 Å². The zero-order valence-electron chi connectivity index (χ0n) is 10.1. The fraction of sp³-hybridized carbons (Fsp3) is 0.214. The van der Waals surface area contributed by atoms with Crippen molar-refractivity contribution >= 4 is 17.3 Å². The van der Waals surface area contributed by atoms with Crippen molar-refractivity contribution in [2.45, 2.75) is 12.5 Å². The Hall–Kier alpha value is -1.58. The Morgan fingerprint density at radius 2 is 2.11 bits per heavy atom. The second-order valence-corrected chi connectivity index (χ2v) is 4.78. The highest BCUT2D eigenvalue weighted by atomic mass is 35.5. The number of nitrogens with one attached hydrogen (secondary N) is 1. The number of pyridine rings is 1. The van der Waals surface area contributed by atoms with Gasteiger partial charge in [-0.15, -0.1) is 0 Å². The third-order valence-corrected chi connectivity index (χ3v) is 3.03. The number of aliphatic hydroxyl groups is 1. The van der Waals surface area contributed by atoms with Crippen LogP contribution in [-0.2, 0) is 5.54 Å². The van der Waals surface area contributed by atoms with E-state index < -0.39 is 5.54 Å². The number of aliphatic hydroxyl groups excluding tert-OH is 1. The molecular weight excluding hydrogens is 248 g/mol. The maximum atomic E-state index is 9.63. The van der Waals surface area contributed by atoms with Gasteiger partial charge in [0.15, 0.2) is 0 Å². The third kappa shape index (κ3) is 2.81. The van der Waals surface area contributed by atoms with Crippen molar-refractivity contribution in [2.75, 3.05) is 11.9 Å². The average Bonchev–Trinajstić information content (AvgIpc) is 2.39. The summed E-state index contributed by atoms with van der Waals surface area (Å²) in [5, 5.41) is 13.6. The molecule has 1 aromatic heterocycles. The minimum atomic E-state index is -0.633.